The Hall–Kier alpha value is -1.67. The molecule has 1 aromatic carbocycles. The van der Waals surface area contributed by atoms with Crippen molar-refractivity contribution in [3.63, 3.8) is 0 Å². The van der Waals surface area contributed by atoms with Gasteiger partial charge >= 0.3 is 0 Å². The highest BCUT2D eigenvalue weighted by molar-refractivity contribution is 5.28. The highest BCUT2D eigenvalue weighted by atomic mass is 19.1. The molecule has 2 N–H and O–H groups in total. The number of halogens is 1. The lowest BCUT2D eigenvalue weighted by Crippen LogP contribution is -2.15. The summed E-state index contributed by atoms with van der Waals surface area (Å²) >= 11 is 0. The van der Waals surface area contributed by atoms with E-state index in [1.807, 2.05) is 52.0 Å². The predicted molar refractivity (Wildman–Crippen MR) is 163 cm³/mol. The molecule has 2 heteroatoms. The van der Waals surface area contributed by atoms with Crippen molar-refractivity contribution in [2.45, 2.75) is 127 Å². The molecule has 35 heavy (non-hydrogen) atoms. The van der Waals surface area contributed by atoms with Crippen LogP contribution in [-0.2, 0) is 6.42 Å². The monoisotopic (exact) mass is 491 g/mol. The molecule has 0 aliphatic carbocycles. The molecule has 0 spiro atoms. The molecule has 0 aromatic heterocycles. The maximum atomic E-state index is 13.2. The van der Waals surface area contributed by atoms with Crippen LogP contribution < -0.4 is 5.73 Å². The van der Waals surface area contributed by atoms with Gasteiger partial charge in [-0.15, -0.1) is 0 Å². The summed E-state index contributed by atoms with van der Waals surface area (Å²) in [7, 11) is 1.50. The van der Waals surface area contributed by atoms with Crippen LogP contribution in [0, 0.1) is 12.8 Å². The van der Waals surface area contributed by atoms with Crippen molar-refractivity contribution in [3.8, 4) is 0 Å². The number of alkyl halides is 1. The first-order chi connectivity index (χ1) is 16.4. The van der Waals surface area contributed by atoms with E-state index in [1.54, 1.807) is 13.8 Å². The normalized spacial score (nSPS) is 10.2. The Morgan fingerprint density at radius 2 is 1.46 bits per heavy atom. The largest absolute Gasteiger partial charge is 0.333 e. The molecule has 0 aliphatic heterocycles. The molecule has 0 amide bonds. The van der Waals surface area contributed by atoms with Gasteiger partial charge in [-0.3, -0.25) is 0 Å². The summed E-state index contributed by atoms with van der Waals surface area (Å²) in [5.74, 6) is 1.01. The first-order valence-corrected chi connectivity index (χ1v) is 13.7. The zero-order chi connectivity index (χ0) is 28.4. The van der Waals surface area contributed by atoms with Crippen molar-refractivity contribution in [1.29, 1.82) is 0 Å². The van der Waals surface area contributed by atoms with Gasteiger partial charge in [-0.1, -0.05) is 126 Å². The van der Waals surface area contributed by atoms with Gasteiger partial charge in [0.25, 0.3) is 0 Å². The lowest BCUT2D eigenvalue weighted by Gasteiger charge is -2.13. The van der Waals surface area contributed by atoms with Crippen molar-refractivity contribution >= 4 is 0 Å². The van der Waals surface area contributed by atoms with Crippen molar-refractivity contribution in [1.82, 2.24) is 0 Å². The van der Waals surface area contributed by atoms with E-state index >= 15 is 0 Å². The first-order valence-electron chi connectivity index (χ1n) is 13.7. The molecule has 1 aromatic rings. The molecular weight excluding hydrogens is 429 g/mol. The summed E-state index contributed by atoms with van der Waals surface area (Å²) in [6, 6.07) is 7.99. The molecule has 0 aliphatic rings. The molecule has 206 valence electrons. The number of benzene rings is 1. The molecule has 1 nitrogen and oxygen atoms in total. The molecule has 0 radical (unpaired) electrons. The number of hydrogen-bond donors (Lipinski definition) is 1. The van der Waals surface area contributed by atoms with Gasteiger partial charge in [0.1, 0.15) is 5.67 Å². The minimum atomic E-state index is -1.10. The minimum absolute atomic E-state index is 0.495. The highest BCUT2D eigenvalue weighted by Crippen LogP contribution is 2.17. The lowest BCUT2D eigenvalue weighted by atomic mass is 9.96. The van der Waals surface area contributed by atoms with Crippen LogP contribution in [-0.4, -0.2) is 12.7 Å². The summed E-state index contributed by atoms with van der Waals surface area (Å²) in [4.78, 5) is 0. The summed E-state index contributed by atoms with van der Waals surface area (Å²) < 4.78 is 13.2. The second-order valence-electron chi connectivity index (χ2n) is 9.61. The van der Waals surface area contributed by atoms with Crippen LogP contribution in [0.1, 0.15) is 119 Å². The Morgan fingerprint density at radius 1 is 0.971 bits per heavy atom. The molecule has 0 fully saturated rings. The van der Waals surface area contributed by atoms with Gasteiger partial charge in [0.2, 0.25) is 0 Å². The Balaban J connectivity index is -0.000000194. The van der Waals surface area contributed by atoms with Gasteiger partial charge in [-0.2, -0.15) is 0 Å². The quantitative estimate of drug-likeness (QED) is 0.341. The molecule has 0 atom stereocenters. The molecule has 1 rings (SSSR count). The Labute approximate surface area is 221 Å². The molecule has 0 saturated heterocycles. The first kappa shape index (κ1) is 40.5. The second kappa shape index (κ2) is 26.9. The maximum Gasteiger partial charge on any atom is 0.109 e. The third-order valence-electron chi connectivity index (χ3n) is 5.02. The third kappa shape index (κ3) is 32.3. The number of aryl methyl sites for hydroxylation is 1. The average molecular weight is 492 g/mol. The van der Waals surface area contributed by atoms with E-state index in [0.29, 0.717) is 6.42 Å². The van der Waals surface area contributed by atoms with Gasteiger partial charge in [0.05, 0.1) is 0 Å². The van der Waals surface area contributed by atoms with Crippen molar-refractivity contribution in [2.24, 2.45) is 11.7 Å². The van der Waals surface area contributed by atoms with Crippen molar-refractivity contribution in [2.75, 3.05) is 7.05 Å². The van der Waals surface area contributed by atoms with Crippen LogP contribution in [0.3, 0.4) is 0 Å². The zero-order valence-corrected chi connectivity index (χ0v) is 25.9. The maximum absolute atomic E-state index is 13.2. The van der Waals surface area contributed by atoms with Crippen LogP contribution in [0.15, 0.2) is 59.7 Å². The molecule has 0 unspecified atom stereocenters. The standard InChI is InChI=1S/C11H15F.C10H16.C9H20.C2H6.CH5N/c1-9-5-4-6-10(7-9)8-11(2,3)12;1-8(2)6-7-10(5)9(3)4;1-4-7-9(6-3)8-5-2;2*1-2/h4-7H,8H2,1-3H3;6-7H,3H2,1-2,4-5H3;9H,4-8H2,1-3H3;1-2H3;2H2,1H3/b;10-7-;;;. The summed E-state index contributed by atoms with van der Waals surface area (Å²) in [6.07, 6.45) is 11.7. The predicted octanol–water partition coefficient (Wildman–Crippen LogP) is 11.0. The zero-order valence-electron chi connectivity index (χ0n) is 25.9. The summed E-state index contributed by atoms with van der Waals surface area (Å²) in [6.45, 7) is 28.2. The van der Waals surface area contributed by atoms with E-state index < -0.39 is 5.67 Å². The third-order valence-corrected chi connectivity index (χ3v) is 5.02. The summed E-state index contributed by atoms with van der Waals surface area (Å²) in [5, 5.41) is 0. The molecular formula is C33H62FN. The van der Waals surface area contributed by atoms with Gasteiger partial charge in [-0.05, 0) is 72.6 Å². The van der Waals surface area contributed by atoms with E-state index in [9.17, 15) is 4.39 Å². The Bertz CT molecular complexity index is 652. The second-order valence-corrected chi connectivity index (χ2v) is 9.61. The van der Waals surface area contributed by atoms with Gasteiger partial charge in [-0.25, -0.2) is 4.39 Å². The fraction of sp³-hybridized carbons (Fsp3) is 0.636. The van der Waals surface area contributed by atoms with Crippen molar-refractivity contribution < 1.29 is 4.39 Å². The summed E-state index contributed by atoms with van der Waals surface area (Å²) in [5.41, 5.74) is 9.37. The van der Waals surface area contributed by atoms with Crippen LogP contribution in [0.4, 0.5) is 4.39 Å². The number of allylic oxidation sites excluding steroid dienone is 5. The average Bonchev–Trinajstić information content (AvgIpc) is 2.79. The lowest BCUT2D eigenvalue weighted by molar-refractivity contribution is 0.217. The van der Waals surface area contributed by atoms with Crippen LogP contribution >= 0.6 is 0 Å². The Morgan fingerprint density at radius 3 is 1.77 bits per heavy atom. The Kier molecular flexibility index (Phi) is 31.2. The fourth-order valence-electron chi connectivity index (χ4n) is 3.11. The number of nitrogens with two attached hydrogens (primary N) is 1. The van der Waals surface area contributed by atoms with Crippen LogP contribution in [0.5, 0.6) is 0 Å². The van der Waals surface area contributed by atoms with Crippen molar-refractivity contribution in [3.05, 3.63) is 70.8 Å². The number of hydrogen-bond acceptors (Lipinski definition) is 1. The number of rotatable bonds is 9. The van der Waals surface area contributed by atoms with Crippen LogP contribution in [0.25, 0.3) is 0 Å². The van der Waals surface area contributed by atoms with E-state index in [0.717, 1.165) is 17.1 Å². The SMILES string of the molecule is C=C(C)/C(C)=C\C=C(C)C.CC.CCCC(CC)CCC.CN.Cc1cccc(CC(C)(C)F)c1. The van der Waals surface area contributed by atoms with Gasteiger partial charge in [0.15, 0.2) is 0 Å². The van der Waals surface area contributed by atoms with E-state index in [-0.39, 0.29) is 0 Å². The molecule has 0 heterocycles. The highest BCUT2D eigenvalue weighted by Gasteiger charge is 2.15. The topological polar surface area (TPSA) is 26.0 Å². The van der Waals surface area contributed by atoms with Gasteiger partial charge in [0, 0.05) is 6.42 Å². The van der Waals surface area contributed by atoms with E-state index in [1.165, 1.54) is 55.9 Å². The smallest absolute Gasteiger partial charge is 0.109 e. The van der Waals surface area contributed by atoms with E-state index in [2.05, 4.69) is 66.0 Å². The fourth-order valence-corrected chi connectivity index (χ4v) is 3.11. The van der Waals surface area contributed by atoms with Gasteiger partial charge < -0.3 is 5.73 Å². The molecule has 0 saturated carbocycles. The van der Waals surface area contributed by atoms with Crippen LogP contribution in [0.2, 0.25) is 0 Å². The van der Waals surface area contributed by atoms with E-state index in [4.69, 9.17) is 0 Å². The minimum Gasteiger partial charge on any atom is -0.333 e. The molecule has 0 bridgehead atoms.